The Morgan fingerprint density at radius 1 is 1.57 bits per heavy atom. The summed E-state index contributed by atoms with van der Waals surface area (Å²) in [7, 11) is 0. The number of hydrogen-bond donors (Lipinski definition) is 0. The third-order valence-corrected chi connectivity index (χ3v) is 3.22. The van der Waals surface area contributed by atoms with E-state index in [0.29, 0.717) is 6.54 Å². The molecule has 0 fully saturated rings. The van der Waals surface area contributed by atoms with Gasteiger partial charge in [0.15, 0.2) is 5.15 Å². The minimum atomic E-state index is -0.275. The molecule has 0 aliphatic rings. The molecule has 0 aromatic carbocycles. The molecule has 0 unspecified atom stereocenters. The van der Waals surface area contributed by atoms with Crippen molar-refractivity contribution in [2.75, 3.05) is 11.5 Å². The van der Waals surface area contributed by atoms with Crippen LogP contribution < -0.4 is 5.56 Å². The van der Waals surface area contributed by atoms with Gasteiger partial charge in [-0.1, -0.05) is 30.1 Å². The Balaban J connectivity index is 2.79. The van der Waals surface area contributed by atoms with E-state index in [4.69, 9.17) is 23.2 Å². The monoisotopic (exact) mass is 252 g/mol. The second-order valence-electron chi connectivity index (χ2n) is 2.54. The zero-order valence-corrected chi connectivity index (χ0v) is 9.99. The maximum atomic E-state index is 11.5. The molecule has 0 saturated carbocycles. The topological polar surface area (TPSA) is 34.9 Å². The molecular formula is C8H10Cl2N2OS. The number of nitrogens with zero attached hydrogens (tertiary/aromatic N) is 2. The summed E-state index contributed by atoms with van der Waals surface area (Å²) in [4.78, 5) is 15.3. The number of aryl methyl sites for hydroxylation is 1. The van der Waals surface area contributed by atoms with E-state index in [-0.39, 0.29) is 15.7 Å². The van der Waals surface area contributed by atoms with E-state index in [2.05, 4.69) is 11.9 Å². The number of aromatic nitrogens is 2. The van der Waals surface area contributed by atoms with Crippen molar-refractivity contribution in [2.45, 2.75) is 13.5 Å². The molecule has 0 spiro atoms. The molecule has 0 saturated heterocycles. The predicted octanol–water partition coefficient (Wildman–Crippen LogP) is 2.30. The fourth-order valence-electron chi connectivity index (χ4n) is 0.910. The summed E-state index contributed by atoms with van der Waals surface area (Å²) >= 11 is 13.0. The highest BCUT2D eigenvalue weighted by Crippen LogP contribution is 2.12. The highest BCUT2D eigenvalue weighted by Gasteiger charge is 2.06. The standard InChI is InChI=1S/C8H10Cl2N2OS/c1-2-14-4-3-12-5-11-7(10)6(9)8(12)13/h5H,2-4H2,1H3. The van der Waals surface area contributed by atoms with Crippen LogP contribution in [0.1, 0.15) is 6.92 Å². The number of thioether (sulfide) groups is 1. The molecule has 6 heteroatoms. The molecule has 1 rings (SSSR count). The van der Waals surface area contributed by atoms with Gasteiger partial charge >= 0.3 is 0 Å². The van der Waals surface area contributed by atoms with Crippen LogP contribution in [0.5, 0.6) is 0 Å². The summed E-state index contributed by atoms with van der Waals surface area (Å²) in [6.07, 6.45) is 1.42. The van der Waals surface area contributed by atoms with E-state index >= 15 is 0 Å². The van der Waals surface area contributed by atoms with Crippen LogP contribution in [0, 0.1) is 0 Å². The molecule has 0 aliphatic heterocycles. The minimum Gasteiger partial charge on any atom is -0.297 e. The van der Waals surface area contributed by atoms with Gasteiger partial charge in [-0.05, 0) is 5.75 Å². The van der Waals surface area contributed by atoms with E-state index < -0.39 is 0 Å². The van der Waals surface area contributed by atoms with Gasteiger partial charge in [-0.15, -0.1) is 0 Å². The molecule has 1 heterocycles. The Bertz CT molecular complexity index is 367. The maximum absolute atomic E-state index is 11.5. The summed E-state index contributed by atoms with van der Waals surface area (Å²) in [5.74, 6) is 1.90. The summed E-state index contributed by atoms with van der Waals surface area (Å²) < 4.78 is 1.47. The molecule has 3 nitrogen and oxygen atoms in total. The van der Waals surface area contributed by atoms with Gasteiger partial charge in [0.25, 0.3) is 5.56 Å². The number of hydrogen-bond acceptors (Lipinski definition) is 3. The van der Waals surface area contributed by atoms with E-state index in [0.717, 1.165) is 11.5 Å². The molecule has 0 aliphatic carbocycles. The smallest absolute Gasteiger partial charge is 0.273 e. The highest BCUT2D eigenvalue weighted by molar-refractivity contribution is 7.99. The van der Waals surface area contributed by atoms with Gasteiger partial charge in [-0.3, -0.25) is 9.36 Å². The van der Waals surface area contributed by atoms with Crippen molar-refractivity contribution in [3.63, 3.8) is 0 Å². The van der Waals surface area contributed by atoms with Crippen molar-refractivity contribution >= 4 is 35.0 Å². The van der Waals surface area contributed by atoms with Crippen molar-refractivity contribution in [3.8, 4) is 0 Å². The van der Waals surface area contributed by atoms with Crippen molar-refractivity contribution in [3.05, 3.63) is 26.9 Å². The Morgan fingerprint density at radius 2 is 2.29 bits per heavy atom. The molecule has 78 valence electrons. The van der Waals surface area contributed by atoms with Gasteiger partial charge in [-0.25, -0.2) is 4.98 Å². The van der Waals surface area contributed by atoms with Crippen LogP contribution in [0.25, 0.3) is 0 Å². The third-order valence-electron chi connectivity index (χ3n) is 1.62. The summed E-state index contributed by atoms with van der Waals surface area (Å²) in [5, 5.41) is 0.0618. The lowest BCUT2D eigenvalue weighted by Gasteiger charge is -2.04. The third kappa shape index (κ3) is 2.90. The molecule has 0 amide bonds. The maximum Gasteiger partial charge on any atom is 0.273 e. The molecular weight excluding hydrogens is 243 g/mol. The Hall–Kier alpha value is -0.190. The molecule has 0 bridgehead atoms. The molecule has 1 aromatic rings. The summed E-state index contributed by atoms with van der Waals surface area (Å²) in [6, 6.07) is 0. The van der Waals surface area contributed by atoms with Crippen molar-refractivity contribution in [1.82, 2.24) is 9.55 Å². The fourth-order valence-corrected chi connectivity index (χ4v) is 1.81. The van der Waals surface area contributed by atoms with Gasteiger partial charge in [0.2, 0.25) is 0 Å². The molecule has 14 heavy (non-hydrogen) atoms. The first-order valence-electron chi connectivity index (χ1n) is 4.15. The molecule has 1 aromatic heterocycles. The van der Waals surface area contributed by atoms with Crippen molar-refractivity contribution in [1.29, 1.82) is 0 Å². The van der Waals surface area contributed by atoms with Crippen LogP contribution in [0.3, 0.4) is 0 Å². The van der Waals surface area contributed by atoms with E-state index in [1.807, 2.05) is 0 Å². The van der Waals surface area contributed by atoms with Crippen LogP contribution in [0.4, 0.5) is 0 Å². The molecule has 0 atom stereocenters. The minimum absolute atomic E-state index is 0.00401. The van der Waals surface area contributed by atoms with Gasteiger partial charge in [0.1, 0.15) is 5.02 Å². The van der Waals surface area contributed by atoms with E-state index in [9.17, 15) is 4.79 Å². The SMILES string of the molecule is CCSCCn1cnc(Cl)c(Cl)c1=O. The number of rotatable bonds is 4. The zero-order chi connectivity index (χ0) is 10.6. The average molecular weight is 253 g/mol. The van der Waals surface area contributed by atoms with Crippen LogP contribution in [0.15, 0.2) is 11.1 Å². The lowest BCUT2D eigenvalue weighted by molar-refractivity contribution is 0.714. The quantitative estimate of drug-likeness (QED) is 0.610. The molecule has 0 radical (unpaired) electrons. The normalized spacial score (nSPS) is 10.5. The summed E-state index contributed by atoms with van der Waals surface area (Å²) in [6.45, 7) is 2.68. The first kappa shape index (κ1) is 11.9. The number of halogens is 2. The molecule has 0 N–H and O–H groups in total. The fraction of sp³-hybridized carbons (Fsp3) is 0.500. The Morgan fingerprint density at radius 3 is 2.93 bits per heavy atom. The first-order valence-corrected chi connectivity index (χ1v) is 6.06. The first-order chi connectivity index (χ1) is 6.66. The van der Waals surface area contributed by atoms with Crippen molar-refractivity contribution in [2.24, 2.45) is 0 Å². The van der Waals surface area contributed by atoms with Crippen LogP contribution >= 0.6 is 35.0 Å². The highest BCUT2D eigenvalue weighted by atomic mass is 35.5. The second-order valence-corrected chi connectivity index (χ2v) is 4.67. The van der Waals surface area contributed by atoms with Crippen LogP contribution in [0.2, 0.25) is 10.2 Å². The van der Waals surface area contributed by atoms with Crippen molar-refractivity contribution < 1.29 is 0 Å². The van der Waals surface area contributed by atoms with E-state index in [1.54, 1.807) is 11.8 Å². The van der Waals surface area contributed by atoms with E-state index in [1.165, 1.54) is 10.9 Å². The predicted molar refractivity (Wildman–Crippen MR) is 61.5 cm³/mol. The van der Waals surface area contributed by atoms with Gasteiger partial charge in [0.05, 0.1) is 6.33 Å². The van der Waals surface area contributed by atoms with Gasteiger partial charge < -0.3 is 0 Å². The Kier molecular flexibility index (Phi) is 4.78. The van der Waals surface area contributed by atoms with Gasteiger partial charge in [-0.2, -0.15) is 11.8 Å². The van der Waals surface area contributed by atoms with Crippen LogP contribution in [-0.2, 0) is 6.54 Å². The van der Waals surface area contributed by atoms with Gasteiger partial charge in [0, 0.05) is 12.3 Å². The summed E-state index contributed by atoms with van der Waals surface area (Å²) in [5.41, 5.74) is -0.275. The Labute approximate surface area is 96.4 Å². The second kappa shape index (κ2) is 5.63. The lowest BCUT2D eigenvalue weighted by Crippen LogP contribution is -2.22. The zero-order valence-electron chi connectivity index (χ0n) is 7.67. The largest absolute Gasteiger partial charge is 0.297 e. The van der Waals surface area contributed by atoms with Crippen LogP contribution in [-0.4, -0.2) is 21.1 Å². The average Bonchev–Trinajstić information content (AvgIpc) is 2.18. The lowest BCUT2D eigenvalue weighted by atomic mass is 10.6.